The van der Waals surface area contributed by atoms with Crippen LogP contribution in [0.15, 0.2) is 41.0 Å². The van der Waals surface area contributed by atoms with Gasteiger partial charge in [0.25, 0.3) is 5.91 Å². The van der Waals surface area contributed by atoms with Gasteiger partial charge in [0.15, 0.2) is 17.7 Å². The normalized spacial score (nSPS) is 27.2. The third-order valence-electron chi connectivity index (χ3n) is 8.05. The fourth-order valence-corrected chi connectivity index (χ4v) is 6.35. The van der Waals surface area contributed by atoms with Crippen LogP contribution in [0.3, 0.4) is 0 Å². The predicted molar refractivity (Wildman–Crippen MR) is 152 cm³/mol. The maximum absolute atomic E-state index is 14.7. The fourth-order valence-electron chi connectivity index (χ4n) is 5.87. The molecule has 1 amide bonds. The molecule has 228 valence electrons. The Bertz CT molecular complexity index is 1550. The van der Waals surface area contributed by atoms with Gasteiger partial charge in [0.2, 0.25) is 0 Å². The van der Waals surface area contributed by atoms with E-state index in [2.05, 4.69) is 32.3 Å². The molecular weight excluding hydrogens is 632 g/mol. The zero-order chi connectivity index (χ0) is 31.0. The molecule has 1 saturated carbocycles. The van der Waals surface area contributed by atoms with Gasteiger partial charge in [-0.3, -0.25) is 4.79 Å². The Hall–Kier alpha value is -3.32. The van der Waals surface area contributed by atoms with Crippen molar-refractivity contribution >= 4 is 27.5 Å². The highest BCUT2D eigenvalue weighted by atomic mass is 79.9. The average Bonchev–Trinajstić information content (AvgIpc) is 3.64. The van der Waals surface area contributed by atoms with Gasteiger partial charge < -0.3 is 29.7 Å². The second-order valence-electron chi connectivity index (χ2n) is 10.7. The molecule has 2 heterocycles. The van der Waals surface area contributed by atoms with Crippen LogP contribution in [0, 0.1) is 29.9 Å². The van der Waals surface area contributed by atoms with E-state index in [4.69, 9.17) is 9.47 Å². The first-order chi connectivity index (χ1) is 20.6. The highest BCUT2D eigenvalue weighted by molar-refractivity contribution is 9.10. The van der Waals surface area contributed by atoms with Crippen LogP contribution in [0.1, 0.15) is 36.4 Å². The van der Waals surface area contributed by atoms with Gasteiger partial charge in [0.1, 0.15) is 30.0 Å². The van der Waals surface area contributed by atoms with Gasteiger partial charge in [-0.15, -0.1) is 5.10 Å². The Morgan fingerprint density at radius 2 is 2.02 bits per heavy atom. The van der Waals surface area contributed by atoms with E-state index in [-0.39, 0.29) is 22.4 Å². The van der Waals surface area contributed by atoms with Crippen LogP contribution in [0.2, 0.25) is 0 Å². The molecule has 1 aliphatic heterocycles. The molecule has 7 atom stereocenters. The maximum Gasteiger partial charge on any atom is 0.259 e. The molecule has 2 aromatic carbocycles. The van der Waals surface area contributed by atoms with Crippen molar-refractivity contribution in [1.82, 2.24) is 15.0 Å². The molecule has 0 bridgehead atoms. The third kappa shape index (κ3) is 5.81. The number of aryl methyl sites for hydroxylation is 1. The minimum atomic E-state index is -1.45. The SMILES string of the molecule is COC1C(C(=O)N(c2cc(Br)cc(C#N)c2)[C@H]2CCC[C@@H]2O)OC(CO)C(O)C1n1cc(-c2ccc(C)c(F)c2F)nn1. The molecule has 43 heavy (non-hydrogen) atoms. The van der Waals surface area contributed by atoms with E-state index in [1.165, 1.54) is 48.0 Å². The molecule has 11 nitrogen and oxygen atoms in total. The summed E-state index contributed by atoms with van der Waals surface area (Å²) in [6.45, 7) is 0.759. The predicted octanol–water partition coefficient (Wildman–Crippen LogP) is 2.79. The van der Waals surface area contributed by atoms with E-state index >= 15 is 0 Å². The van der Waals surface area contributed by atoms with Crippen LogP contribution < -0.4 is 4.90 Å². The second kappa shape index (κ2) is 12.7. The number of ether oxygens (including phenoxy) is 2. The van der Waals surface area contributed by atoms with Crippen molar-refractivity contribution in [3.05, 3.63) is 63.8 Å². The molecule has 1 saturated heterocycles. The number of anilines is 1. The van der Waals surface area contributed by atoms with E-state index in [1.54, 1.807) is 12.1 Å². The lowest BCUT2D eigenvalue weighted by atomic mass is 9.91. The number of hydrogen-bond acceptors (Lipinski definition) is 9. The molecular formula is C29H30BrF2N5O6. The van der Waals surface area contributed by atoms with Crippen molar-refractivity contribution in [3.63, 3.8) is 0 Å². The largest absolute Gasteiger partial charge is 0.394 e. The number of carbonyl (C=O) groups is 1. The number of halogens is 3. The number of methoxy groups -OCH3 is 1. The van der Waals surface area contributed by atoms with E-state index in [0.717, 1.165) is 0 Å². The van der Waals surface area contributed by atoms with Crippen LogP contribution in [0.5, 0.6) is 0 Å². The minimum Gasteiger partial charge on any atom is -0.394 e. The van der Waals surface area contributed by atoms with Gasteiger partial charge in [-0.2, -0.15) is 5.26 Å². The molecule has 14 heteroatoms. The van der Waals surface area contributed by atoms with Crippen molar-refractivity contribution in [2.45, 2.75) is 68.8 Å². The average molecular weight is 662 g/mol. The number of nitrogens with zero attached hydrogens (tertiary/aromatic N) is 5. The van der Waals surface area contributed by atoms with Gasteiger partial charge in [-0.1, -0.05) is 27.2 Å². The number of rotatable bonds is 7. The molecule has 1 aromatic heterocycles. The van der Waals surface area contributed by atoms with E-state index in [1.807, 2.05) is 0 Å². The van der Waals surface area contributed by atoms with Gasteiger partial charge in [-0.25, -0.2) is 13.5 Å². The second-order valence-corrected chi connectivity index (χ2v) is 11.6. The summed E-state index contributed by atoms with van der Waals surface area (Å²) >= 11 is 3.38. The van der Waals surface area contributed by atoms with Gasteiger partial charge in [-0.05, 0) is 56.0 Å². The standard InChI is InChI=1S/C29H30BrF2N5O6/c1-14-6-7-18(24(32)23(14)31)19-12-36(35-34-19)25-26(40)22(13-38)43-28(27(25)42-2)29(41)37(20-4-3-5-21(20)39)17-9-15(11-33)8-16(30)10-17/h6-10,12,20-22,25-28,38-40H,3-5,13H2,1-2H3/t20-,21-,22?,25?,26?,27?,28?/m0/s1. The molecule has 0 spiro atoms. The summed E-state index contributed by atoms with van der Waals surface area (Å²) < 4.78 is 42.4. The number of amides is 1. The number of aliphatic hydroxyl groups is 3. The third-order valence-corrected chi connectivity index (χ3v) is 8.51. The Morgan fingerprint density at radius 1 is 1.26 bits per heavy atom. The number of aliphatic hydroxyl groups excluding tert-OH is 3. The van der Waals surface area contributed by atoms with E-state index < -0.39 is 66.8 Å². The lowest BCUT2D eigenvalue weighted by molar-refractivity contribution is -0.211. The van der Waals surface area contributed by atoms with Gasteiger partial charge in [0.05, 0.1) is 36.6 Å². The monoisotopic (exact) mass is 661 g/mol. The molecule has 3 aromatic rings. The van der Waals surface area contributed by atoms with Gasteiger partial charge >= 0.3 is 0 Å². The van der Waals surface area contributed by atoms with Crippen molar-refractivity contribution in [2.75, 3.05) is 18.6 Å². The van der Waals surface area contributed by atoms with Crippen molar-refractivity contribution in [1.29, 1.82) is 5.26 Å². The summed E-state index contributed by atoms with van der Waals surface area (Å²) in [6, 6.07) is 7.76. The Labute approximate surface area is 254 Å². The summed E-state index contributed by atoms with van der Waals surface area (Å²) in [4.78, 5) is 15.8. The molecule has 5 unspecified atom stereocenters. The number of nitriles is 1. The Morgan fingerprint density at radius 3 is 2.67 bits per heavy atom. The topological polar surface area (TPSA) is 154 Å². The summed E-state index contributed by atoms with van der Waals surface area (Å²) in [5, 5.41) is 49.7. The highest BCUT2D eigenvalue weighted by Gasteiger charge is 2.52. The quantitative estimate of drug-likeness (QED) is 0.347. The van der Waals surface area contributed by atoms with Crippen molar-refractivity contribution < 1.29 is 38.4 Å². The van der Waals surface area contributed by atoms with Crippen LogP contribution in [-0.4, -0.2) is 86.5 Å². The van der Waals surface area contributed by atoms with Crippen LogP contribution >= 0.6 is 15.9 Å². The molecule has 1 aliphatic carbocycles. The number of carbonyl (C=O) groups excluding carboxylic acids is 1. The van der Waals surface area contributed by atoms with E-state index in [0.29, 0.717) is 29.4 Å². The van der Waals surface area contributed by atoms with Gasteiger partial charge in [0, 0.05) is 22.8 Å². The molecule has 3 N–H and O–H groups in total. The number of hydrogen-bond donors (Lipinski definition) is 3. The Balaban J connectivity index is 1.56. The minimum absolute atomic E-state index is 0.0257. The molecule has 0 radical (unpaired) electrons. The molecule has 2 aliphatic rings. The van der Waals surface area contributed by atoms with Crippen LogP contribution in [0.25, 0.3) is 11.3 Å². The molecule has 5 rings (SSSR count). The summed E-state index contributed by atoms with van der Waals surface area (Å²) in [5.41, 5.74) is 0.551. The van der Waals surface area contributed by atoms with Crippen molar-refractivity contribution in [2.24, 2.45) is 0 Å². The number of benzene rings is 2. The lowest BCUT2D eigenvalue weighted by Crippen LogP contribution is -2.62. The first kappa shape index (κ1) is 31.1. The highest BCUT2D eigenvalue weighted by Crippen LogP contribution is 2.37. The first-order valence-corrected chi connectivity index (χ1v) is 14.4. The summed E-state index contributed by atoms with van der Waals surface area (Å²) in [7, 11) is 1.31. The first-order valence-electron chi connectivity index (χ1n) is 13.6. The Kier molecular flexibility index (Phi) is 9.21. The van der Waals surface area contributed by atoms with Crippen LogP contribution in [0.4, 0.5) is 14.5 Å². The fraction of sp³-hybridized carbons (Fsp3) is 0.448. The number of aromatic nitrogens is 3. The summed E-state index contributed by atoms with van der Waals surface area (Å²) in [5.74, 6) is -2.77. The van der Waals surface area contributed by atoms with Crippen LogP contribution in [-0.2, 0) is 14.3 Å². The zero-order valence-electron chi connectivity index (χ0n) is 23.3. The zero-order valence-corrected chi connectivity index (χ0v) is 24.9. The maximum atomic E-state index is 14.7. The lowest BCUT2D eigenvalue weighted by Gasteiger charge is -2.45. The van der Waals surface area contributed by atoms with E-state index in [9.17, 15) is 34.2 Å². The summed E-state index contributed by atoms with van der Waals surface area (Å²) in [6.07, 6.45) is -3.30. The smallest absolute Gasteiger partial charge is 0.259 e. The van der Waals surface area contributed by atoms with Crippen molar-refractivity contribution in [3.8, 4) is 17.3 Å². The molecule has 2 fully saturated rings.